The molecule has 1 fully saturated rings. The van der Waals surface area contributed by atoms with Crippen molar-refractivity contribution in [2.24, 2.45) is 17.8 Å². The third-order valence-electron chi connectivity index (χ3n) is 5.09. The molecule has 1 unspecified atom stereocenters. The second kappa shape index (κ2) is 8.18. The van der Waals surface area contributed by atoms with Crippen LogP contribution in [0.25, 0.3) is 0 Å². The van der Waals surface area contributed by atoms with Crippen LogP contribution in [0.15, 0.2) is 35.6 Å². The number of ether oxygens (including phenoxy) is 1. The number of aliphatic hydroxyl groups is 1. The van der Waals surface area contributed by atoms with Gasteiger partial charge in [-0.2, -0.15) is 0 Å². The van der Waals surface area contributed by atoms with Gasteiger partial charge in [0.1, 0.15) is 5.76 Å². The predicted octanol–water partition coefficient (Wildman–Crippen LogP) is 4.08. The summed E-state index contributed by atoms with van der Waals surface area (Å²) in [5, 5.41) is 9.12. The van der Waals surface area contributed by atoms with E-state index in [2.05, 4.69) is 26.0 Å². The highest BCUT2D eigenvalue weighted by atomic mass is 16.5. The number of rotatable bonds is 9. The molecule has 0 saturated heterocycles. The Balaban J connectivity index is 1.69. The molecule has 1 atom stereocenters. The summed E-state index contributed by atoms with van der Waals surface area (Å²) in [4.78, 5) is 13.0. The molecule has 3 rings (SSSR count). The molecule has 0 aromatic heterocycles. The van der Waals surface area contributed by atoms with Crippen molar-refractivity contribution in [2.75, 3.05) is 13.2 Å². The smallest absolute Gasteiger partial charge is 0.166 e. The summed E-state index contributed by atoms with van der Waals surface area (Å²) in [5.41, 5.74) is 3.28. The molecule has 0 spiro atoms. The van der Waals surface area contributed by atoms with Crippen LogP contribution in [-0.4, -0.2) is 24.1 Å². The van der Waals surface area contributed by atoms with E-state index in [4.69, 9.17) is 9.84 Å². The third-order valence-corrected chi connectivity index (χ3v) is 5.09. The summed E-state index contributed by atoms with van der Waals surface area (Å²) in [7, 11) is 0. The Bertz CT molecular complexity index is 640. The van der Waals surface area contributed by atoms with Crippen molar-refractivity contribution in [1.29, 1.82) is 0 Å². The highest BCUT2D eigenvalue weighted by molar-refractivity contribution is 6.00. The van der Waals surface area contributed by atoms with Crippen molar-refractivity contribution < 1.29 is 14.6 Å². The van der Waals surface area contributed by atoms with Gasteiger partial charge >= 0.3 is 0 Å². The van der Waals surface area contributed by atoms with E-state index >= 15 is 0 Å². The molecule has 1 saturated carbocycles. The second-order valence-corrected chi connectivity index (χ2v) is 8.02. The van der Waals surface area contributed by atoms with Gasteiger partial charge in [-0.1, -0.05) is 38.1 Å². The summed E-state index contributed by atoms with van der Waals surface area (Å²) in [6, 6.07) is 8.26. The van der Waals surface area contributed by atoms with Gasteiger partial charge in [0, 0.05) is 24.5 Å². The van der Waals surface area contributed by atoms with Gasteiger partial charge in [-0.15, -0.1) is 0 Å². The Hall–Kier alpha value is -1.61. The molecule has 0 aliphatic heterocycles. The maximum atomic E-state index is 13.0. The van der Waals surface area contributed by atoms with E-state index in [1.54, 1.807) is 0 Å². The van der Waals surface area contributed by atoms with Crippen LogP contribution in [0.4, 0.5) is 0 Å². The largest absolute Gasteiger partial charge is 0.497 e. The van der Waals surface area contributed by atoms with Crippen LogP contribution in [0.1, 0.15) is 50.7 Å². The lowest BCUT2D eigenvalue weighted by Crippen LogP contribution is -2.13. The summed E-state index contributed by atoms with van der Waals surface area (Å²) >= 11 is 0. The van der Waals surface area contributed by atoms with Gasteiger partial charge < -0.3 is 9.84 Å². The molecule has 1 aromatic rings. The van der Waals surface area contributed by atoms with E-state index in [0.29, 0.717) is 30.6 Å². The van der Waals surface area contributed by atoms with Crippen LogP contribution in [0.3, 0.4) is 0 Å². The van der Waals surface area contributed by atoms with E-state index in [0.717, 1.165) is 36.2 Å². The zero-order valence-electron chi connectivity index (χ0n) is 15.5. The molecule has 2 aliphatic carbocycles. The topological polar surface area (TPSA) is 46.5 Å². The maximum Gasteiger partial charge on any atom is 0.166 e. The highest BCUT2D eigenvalue weighted by Crippen LogP contribution is 2.41. The lowest BCUT2D eigenvalue weighted by atomic mass is 9.93. The lowest BCUT2D eigenvalue weighted by Gasteiger charge is -2.12. The predicted molar refractivity (Wildman–Crippen MR) is 99.2 cm³/mol. The first-order valence-electron chi connectivity index (χ1n) is 9.64. The van der Waals surface area contributed by atoms with Crippen molar-refractivity contribution in [3.63, 3.8) is 0 Å². The summed E-state index contributed by atoms with van der Waals surface area (Å²) in [5.74, 6) is 2.45. The summed E-state index contributed by atoms with van der Waals surface area (Å²) < 4.78 is 6.03. The number of carbonyl (C=O) groups excluding carboxylic acids is 1. The van der Waals surface area contributed by atoms with Crippen LogP contribution in [-0.2, 0) is 22.4 Å². The van der Waals surface area contributed by atoms with Gasteiger partial charge in [-0.3, -0.25) is 4.79 Å². The molecular formula is C22H30O3. The van der Waals surface area contributed by atoms with Crippen molar-refractivity contribution in [1.82, 2.24) is 0 Å². The Morgan fingerprint density at radius 1 is 1.20 bits per heavy atom. The van der Waals surface area contributed by atoms with Gasteiger partial charge in [0.2, 0.25) is 0 Å². The maximum absolute atomic E-state index is 13.0. The van der Waals surface area contributed by atoms with E-state index < -0.39 is 0 Å². The number of hydrogen-bond donors (Lipinski definition) is 1. The van der Waals surface area contributed by atoms with Gasteiger partial charge in [0.25, 0.3) is 0 Å². The first-order valence-corrected chi connectivity index (χ1v) is 9.64. The molecule has 0 amide bonds. The SMILES string of the molecule is CC(C)COC1=C(CC2CC2)C(=O)C(Cc2cccc(CCO)c2)C1. The number of allylic oxidation sites excluding steroid dienone is 2. The quantitative estimate of drug-likeness (QED) is 0.735. The fourth-order valence-corrected chi connectivity index (χ4v) is 3.55. The minimum absolute atomic E-state index is 0.0142. The Morgan fingerprint density at radius 3 is 2.64 bits per heavy atom. The monoisotopic (exact) mass is 342 g/mol. The molecule has 1 aromatic carbocycles. The van der Waals surface area contributed by atoms with Crippen LogP contribution >= 0.6 is 0 Å². The first kappa shape index (κ1) is 18.2. The molecule has 2 aliphatic rings. The number of carbonyl (C=O) groups is 1. The third kappa shape index (κ3) is 4.94. The molecule has 0 radical (unpaired) electrons. The van der Waals surface area contributed by atoms with E-state index in [1.165, 1.54) is 18.4 Å². The standard InChI is InChI=1S/C22H30O3/c1-15(2)14-25-21-13-19(22(24)20(21)12-17-6-7-17)11-18-5-3-4-16(10-18)8-9-23/h3-5,10,15,17,19,23H,6-9,11-14H2,1-2H3. The molecule has 25 heavy (non-hydrogen) atoms. The Morgan fingerprint density at radius 2 is 1.96 bits per heavy atom. The van der Waals surface area contributed by atoms with Crippen LogP contribution in [0, 0.1) is 17.8 Å². The van der Waals surface area contributed by atoms with Crippen molar-refractivity contribution in [2.45, 2.75) is 52.4 Å². The fourth-order valence-electron chi connectivity index (χ4n) is 3.55. The lowest BCUT2D eigenvalue weighted by molar-refractivity contribution is -0.118. The van der Waals surface area contributed by atoms with Crippen LogP contribution < -0.4 is 0 Å². The molecule has 3 nitrogen and oxygen atoms in total. The molecule has 0 heterocycles. The number of aliphatic hydroxyl groups excluding tert-OH is 1. The van der Waals surface area contributed by atoms with Crippen LogP contribution in [0.5, 0.6) is 0 Å². The molecule has 3 heteroatoms. The zero-order valence-corrected chi connectivity index (χ0v) is 15.5. The van der Waals surface area contributed by atoms with E-state index in [1.807, 2.05) is 12.1 Å². The molecule has 1 N–H and O–H groups in total. The number of ketones is 1. The normalized spacial score (nSPS) is 20.6. The van der Waals surface area contributed by atoms with Crippen molar-refractivity contribution in [3.05, 3.63) is 46.7 Å². The molecule has 0 bridgehead atoms. The zero-order chi connectivity index (χ0) is 17.8. The number of Topliss-reactive ketones (excluding diaryl/α,β-unsaturated/α-hetero) is 1. The van der Waals surface area contributed by atoms with Gasteiger partial charge in [0.05, 0.1) is 6.61 Å². The summed E-state index contributed by atoms with van der Waals surface area (Å²) in [6.45, 7) is 5.13. The molecular weight excluding hydrogens is 312 g/mol. The number of hydrogen-bond acceptors (Lipinski definition) is 3. The highest BCUT2D eigenvalue weighted by Gasteiger charge is 2.37. The Kier molecular flexibility index (Phi) is 5.95. The van der Waals surface area contributed by atoms with Crippen molar-refractivity contribution in [3.8, 4) is 0 Å². The fraction of sp³-hybridized carbons (Fsp3) is 0.591. The first-order chi connectivity index (χ1) is 12.1. The Labute approximate surface area is 151 Å². The van der Waals surface area contributed by atoms with E-state index in [9.17, 15) is 4.79 Å². The second-order valence-electron chi connectivity index (χ2n) is 8.02. The van der Waals surface area contributed by atoms with Crippen LogP contribution in [0.2, 0.25) is 0 Å². The summed E-state index contributed by atoms with van der Waals surface area (Å²) in [6.07, 6.45) is 5.59. The number of benzene rings is 1. The minimum Gasteiger partial charge on any atom is -0.497 e. The van der Waals surface area contributed by atoms with Gasteiger partial charge in [-0.25, -0.2) is 0 Å². The van der Waals surface area contributed by atoms with Gasteiger partial charge in [-0.05, 0) is 55.1 Å². The average molecular weight is 342 g/mol. The van der Waals surface area contributed by atoms with Gasteiger partial charge in [0.15, 0.2) is 5.78 Å². The average Bonchev–Trinajstić information content (AvgIpc) is 3.35. The van der Waals surface area contributed by atoms with Crippen molar-refractivity contribution >= 4 is 5.78 Å². The molecule has 136 valence electrons. The minimum atomic E-state index is 0.0142. The van der Waals surface area contributed by atoms with E-state index in [-0.39, 0.29) is 12.5 Å².